The van der Waals surface area contributed by atoms with E-state index in [-0.39, 0.29) is 18.4 Å². The molecule has 2 aliphatic rings. The van der Waals surface area contributed by atoms with Gasteiger partial charge in [0.05, 0.1) is 12.2 Å². The quantitative estimate of drug-likeness (QED) is 0.335. The lowest BCUT2D eigenvalue weighted by Crippen LogP contribution is -2.50. The first-order valence-corrected chi connectivity index (χ1v) is 3.33. The third-order valence-electron chi connectivity index (χ3n) is 2.79. The van der Waals surface area contributed by atoms with Gasteiger partial charge >= 0.3 is 0 Å². The van der Waals surface area contributed by atoms with Crippen LogP contribution in [0.2, 0.25) is 0 Å². The zero-order valence-electron chi connectivity index (χ0n) is 5.31. The first-order chi connectivity index (χ1) is 4.64. The van der Waals surface area contributed by atoms with E-state index in [1.54, 1.807) is 0 Å². The lowest BCUT2D eigenvalue weighted by molar-refractivity contribution is -0.131. The van der Waals surface area contributed by atoms with Gasteiger partial charge in [-0.1, -0.05) is 0 Å². The van der Waals surface area contributed by atoms with E-state index in [1.165, 1.54) is 0 Å². The average molecular weight is 146 g/mol. The molecule has 0 aromatic rings. The summed E-state index contributed by atoms with van der Waals surface area (Å²) in [4.78, 5) is 0. The lowest BCUT2D eigenvalue weighted by Gasteiger charge is -2.34. The maximum absolute atomic E-state index is 9.21. The Hall–Kier alpha value is -0.160. The maximum atomic E-state index is 9.21. The molecule has 4 unspecified atom stereocenters. The summed E-state index contributed by atoms with van der Waals surface area (Å²) < 4.78 is 0. The second-order valence-corrected chi connectivity index (χ2v) is 3.15. The predicted octanol–water partition coefficient (Wildman–Crippen LogP) is -2.31. The van der Waals surface area contributed by atoms with Crippen LogP contribution in [0.1, 0.15) is 0 Å². The van der Waals surface area contributed by atoms with Crippen LogP contribution in [0.5, 0.6) is 0 Å². The van der Waals surface area contributed by atoms with Crippen LogP contribution in [0, 0.1) is 11.8 Å². The van der Waals surface area contributed by atoms with Crippen molar-refractivity contribution >= 4 is 0 Å². The molecule has 0 amide bonds. The highest BCUT2D eigenvalue weighted by Crippen LogP contribution is 2.62. The third kappa shape index (κ3) is 0.412. The lowest BCUT2D eigenvalue weighted by atomic mass is 9.80. The number of rotatable bonds is 1. The Balaban J connectivity index is 2.11. The van der Waals surface area contributed by atoms with Gasteiger partial charge in [0, 0.05) is 18.4 Å². The largest absolute Gasteiger partial charge is 0.396 e. The van der Waals surface area contributed by atoms with Gasteiger partial charge in [0.15, 0.2) is 0 Å². The summed E-state index contributed by atoms with van der Waals surface area (Å²) in [5.74, 6) is -0.604. The summed E-state index contributed by atoms with van der Waals surface area (Å²) in [6.45, 7) is -0.162. The van der Waals surface area contributed by atoms with Gasteiger partial charge in [0.25, 0.3) is 0 Å². The van der Waals surface area contributed by atoms with Crippen molar-refractivity contribution < 1.29 is 20.4 Å². The van der Waals surface area contributed by atoms with Crippen molar-refractivity contribution in [1.82, 2.24) is 0 Å². The van der Waals surface area contributed by atoms with E-state index in [4.69, 9.17) is 15.3 Å². The molecule has 4 N–H and O–H groups in total. The van der Waals surface area contributed by atoms with E-state index in [9.17, 15) is 5.11 Å². The molecular formula is C6H10O4. The molecule has 2 rings (SSSR count). The monoisotopic (exact) mass is 146 g/mol. The Morgan fingerprint density at radius 3 is 2.00 bits per heavy atom. The Morgan fingerprint density at radius 1 is 1.20 bits per heavy atom. The average Bonchev–Trinajstić information content (AvgIpc) is 2.39. The molecule has 10 heavy (non-hydrogen) atoms. The summed E-state index contributed by atoms with van der Waals surface area (Å²) in [6, 6.07) is 0. The summed E-state index contributed by atoms with van der Waals surface area (Å²) in [5.41, 5.74) is -1.27. The van der Waals surface area contributed by atoms with E-state index < -0.39 is 17.8 Å². The second kappa shape index (κ2) is 1.53. The number of hydrogen-bond donors (Lipinski definition) is 4. The van der Waals surface area contributed by atoms with Crippen molar-refractivity contribution in [3.63, 3.8) is 0 Å². The van der Waals surface area contributed by atoms with Crippen molar-refractivity contribution in [3.05, 3.63) is 0 Å². The van der Waals surface area contributed by atoms with Crippen LogP contribution in [0.3, 0.4) is 0 Å². The highest BCUT2D eigenvalue weighted by atomic mass is 16.4. The van der Waals surface area contributed by atoms with Crippen LogP contribution in [-0.4, -0.2) is 44.8 Å². The molecular weight excluding hydrogens is 136 g/mol. The molecule has 2 aliphatic carbocycles. The van der Waals surface area contributed by atoms with Gasteiger partial charge < -0.3 is 20.4 Å². The molecule has 0 spiro atoms. The third-order valence-corrected chi connectivity index (χ3v) is 2.79. The minimum atomic E-state index is -1.27. The van der Waals surface area contributed by atoms with Crippen molar-refractivity contribution in [2.45, 2.75) is 17.8 Å². The van der Waals surface area contributed by atoms with E-state index in [2.05, 4.69) is 0 Å². The molecule has 2 saturated carbocycles. The normalized spacial score (nSPS) is 64.8. The van der Waals surface area contributed by atoms with E-state index in [0.29, 0.717) is 0 Å². The number of aliphatic hydroxyl groups is 4. The van der Waals surface area contributed by atoms with E-state index in [1.807, 2.05) is 0 Å². The molecule has 0 radical (unpaired) electrons. The van der Waals surface area contributed by atoms with Gasteiger partial charge in [-0.3, -0.25) is 0 Å². The maximum Gasteiger partial charge on any atom is 0.123 e. The summed E-state index contributed by atoms with van der Waals surface area (Å²) in [7, 11) is 0. The molecule has 0 heterocycles. The molecule has 2 fully saturated rings. The van der Waals surface area contributed by atoms with Crippen molar-refractivity contribution in [2.24, 2.45) is 11.8 Å². The molecule has 4 heteroatoms. The molecule has 0 aliphatic heterocycles. The van der Waals surface area contributed by atoms with Crippen LogP contribution in [0.15, 0.2) is 0 Å². The van der Waals surface area contributed by atoms with E-state index >= 15 is 0 Å². The van der Waals surface area contributed by atoms with Crippen LogP contribution in [-0.2, 0) is 0 Å². The summed E-state index contributed by atoms with van der Waals surface area (Å²) in [5, 5.41) is 35.9. The predicted molar refractivity (Wildman–Crippen MR) is 31.0 cm³/mol. The summed E-state index contributed by atoms with van der Waals surface area (Å²) in [6.07, 6.45) is -1.75. The topological polar surface area (TPSA) is 80.9 Å². The van der Waals surface area contributed by atoms with Crippen LogP contribution < -0.4 is 0 Å². The molecule has 0 aromatic carbocycles. The molecule has 0 aromatic heterocycles. The Bertz CT molecular complexity index is 163. The fraction of sp³-hybridized carbons (Fsp3) is 1.00. The number of fused-ring (bicyclic) bond motifs is 1. The van der Waals surface area contributed by atoms with Crippen LogP contribution in [0.4, 0.5) is 0 Å². The highest BCUT2D eigenvalue weighted by molar-refractivity contribution is 5.30. The number of hydrogen-bond acceptors (Lipinski definition) is 4. The van der Waals surface area contributed by atoms with Gasteiger partial charge in [-0.05, 0) is 0 Å². The fourth-order valence-corrected chi connectivity index (χ4v) is 1.99. The molecule has 5 atom stereocenters. The Morgan fingerprint density at radius 2 is 1.80 bits per heavy atom. The molecule has 58 valence electrons. The Kier molecular flexibility index (Phi) is 1.00. The standard InChI is InChI=1S/C6H10O4/c7-1-2-3-5(9)6(3,10)4(2)8/h2-5,7-10H,1H2/t2?,3?,4?,5?,6-/m0/s1. The zero-order valence-corrected chi connectivity index (χ0v) is 5.31. The van der Waals surface area contributed by atoms with Gasteiger partial charge in [0.1, 0.15) is 5.60 Å². The summed E-state index contributed by atoms with van der Waals surface area (Å²) >= 11 is 0. The van der Waals surface area contributed by atoms with Gasteiger partial charge in [0.2, 0.25) is 0 Å². The Labute approximate surface area is 57.7 Å². The zero-order chi connectivity index (χ0) is 7.52. The van der Waals surface area contributed by atoms with Crippen LogP contribution >= 0.6 is 0 Å². The molecule has 0 saturated heterocycles. The smallest absolute Gasteiger partial charge is 0.123 e. The molecule has 0 bridgehead atoms. The van der Waals surface area contributed by atoms with Crippen LogP contribution in [0.25, 0.3) is 0 Å². The first-order valence-electron chi connectivity index (χ1n) is 3.33. The van der Waals surface area contributed by atoms with Gasteiger partial charge in [-0.15, -0.1) is 0 Å². The first kappa shape index (κ1) is 6.54. The van der Waals surface area contributed by atoms with Crippen molar-refractivity contribution in [1.29, 1.82) is 0 Å². The van der Waals surface area contributed by atoms with Gasteiger partial charge in [-0.25, -0.2) is 0 Å². The van der Waals surface area contributed by atoms with Gasteiger partial charge in [-0.2, -0.15) is 0 Å². The minimum absolute atomic E-state index is 0.162. The number of aliphatic hydroxyl groups excluding tert-OH is 3. The van der Waals surface area contributed by atoms with Crippen molar-refractivity contribution in [2.75, 3.05) is 6.61 Å². The SMILES string of the molecule is OCC1C(O)[C@]2(O)C(O)C12. The van der Waals surface area contributed by atoms with E-state index in [0.717, 1.165) is 0 Å². The second-order valence-electron chi connectivity index (χ2n) is 3.15. The fourth-order valence-electron chi connectivity index (χ4n) is 1.99. The highest BCUT2D eigenvalue weighted by Gasteiger charge is 2.81. The molecule has 4 nitrogen and oxygen atoms in total. The van der Waals surface area contributed by atoms with Crippen molar-refractivity contribution in [3.8, 4) is 0 Å². The minimum Gasteiger partial charge on any atom is -0.396 e.